The SMILES string of the molecule is CCOc1ccc2c(n1)C(=O)CCN2C(=O)NCc1ccc(OC)cc1. The number of ketones is 1. The Hall–Kier alpha value is -3.09. The molecule has 3 rings (SSSR count). The van der Waals surface area contributed by atoms with E-state index < -0.39 is 0 Å². The first-order valence-electron chi connectivity index (χ1n) is 8.47. The van der Waals surface area contributed by atoms with E-state index in [1.165, 1.54) is 0 Å². The molecule has 0 unspecified atom stereocenters. The molecule has 7 heteroatoms. The minimum atomic E-state index is -0.263. The van der Waals surface area contributed by atoms with E-state index in [1.807, 2.05) is 31.2 Å². The van der Waals surface area contributed by atoms with Crippen LogP contribution in [0.25, 0.3) is 0 Å². The topological polar surface area (TPSA) is 80.8 Å². The van der Waals surface area contributed by atoms with E-state index in [4.69, 9.17) is 9.47 Å². The highest BCUT2D eigenvalue weighted by Crippen LogP contribution is 2.28. The molecule has 0 fully saturated rings. The number of hydrogen-bond donors (Lipinski definition) is 1. The normalized spacial score (nSPS) is 13.2. The van der Waals surface area contributed by atoms with Crippen molar-refractivity contribution in [3.05, 3.63) is 47.7 Å². The van der Waals surface area contributed by atoms with Crippen molar-refractivity contribution >= 4 is 17.5 Å². The number of amides is 2. The fourth-order valence-electron chi connectivity index (χ4n) is 2.76. The molecule has 1 aliphatic rings. The van der Waals surface area contributed by atoms with E-state index in [2.05, 4.69) is 10.3 Å². The molecule has 0 atom stereocenters. The van der Waals surface area contributed by atoms with Crippen molar-refractivity contribution in [3.63, 3.8) is 0 Å². The molecule has 136 valence electrons. The first kappa shape index (κ1) is 17.7. The van der Waals surface area contributed by atoms with Crippen LogP contribution < -0.4 is 19.7 Å². The van der Waals surface area contributed by atoms with Crippen molar-refractivity contribution in [1.29, 1.82) is 0 Å². The summed E-state index contributed by atoms with van der Waals surface area (Å²) in [5, 5.41) is 2.88. The maximum Gasteiger partial charge on any atom is 0.322 e. The molecule has 0 saturated heterocycles. The van der Waals surface area contributed by atoms with Crippen LogP contribution in [0, 0.1) is 0 Å². The number of aromatic nitrogens is 1. The maximum atomic E-state index is 12.6. The minimum Gasteiger partial charge on any atom is -0.497 e. The number of carbonyl (C=O) groups is 2. The standard InChI is InChI=1S/C19H21N3O4/c1-3-26-17-9-8-15-18(21-17)16(23)10-11-22(15)19(24)20-12-13-4-6-14(25-2)7-5-13/h4-9H,3,10-12H2,1-2H3,(H,20,24). The van der Waals surface area contributed by atoms with Crippen molar-refractivity contribution in [2.75, 3.05) is 25.2 Å². The summed E-state index contributed by atoms with van der Waals surface area (Å²) in [6, 6.07) is 10.6. The average molecular weight is 355 g/mol. The predicted molar refractivity (Wildman–Crippen MR) is 96.9 cm³/mol. The smallest absolute Gasteiger partial charge is 0.322 e. The van der Waals surface area contributed by atoms with Crippen molar-refractivity contribution in [2.24, 2.45) is 0 Å². The molecule has 26 heavy (non-hydrogen) atoms. The van der Waals surface area contributed by atoms with Crippen LogP contribution in [0.4, 0.5) is 10.5 Å². The van der Waals surface area contributed by atoms with Crippen LogP contribution in [0.3, 0.4) is 0 Å². The third-order valence-electron chi connectivity index (χ3n) is 4.11. The van der Waals surface area contributed by atoms with E-state index in [9.17, 15) is 9.59 Å². The van der Waals surface area contributed by atoms with Gasteiger partial charge in [0.1, 0.15) is 11.4 Å². The number of anilines is 1. The van der Waals surface area contributed by atoms with Gasteiger partial charge in [0.05, 0.1) is 19.4 Å². The number of hydrogen-bond acceptors (Lipinski definition) is 5. The zero-order chi connectivity index (χ0) is 18.5. The average Bonchev–Trinajstić information content (AvgIpc) is 2.67. The van der Waals surface area contributed by atoms with Gasteiger partial charge in [0.25, 0.3) is 0 Å². The Bertz CT molecular complexity index is 805. The molecular formula is C19H21N3O4. The molecule has 0 aliphatic carbocycles. The van der Waals surface area contributed by atoms with Gasteiger partial charge in [0.15, 0.2) is 5.78 Å². The second-order valence-corrected chi connectivity index (χ2v) is 5.78. The fraction of sp³-hybridized carbons (Fsp3) is 0.316. The third-order valence-corrected chi connectivity index (χ3v) is 4.11. The van der Waals surface area contributed by atoms with Crippen LogP contribution in [0.1, 0.15) is 29.4 Å². The monoisotopic (exact) mass is 355 g/mol. The number of methoxy groups -OCH3 is 1. The summed E-state index contributed by atoms with van der Waals surface area (Å²) in [5.74, 6) is 1.07. The maximum absolute atomic E-state index is 12.6. The number of benzene rings is 1. The summed E-state index contributed by atoms with van der Waals surface area (Å²) in [7, 11) is 1.61. The number of pyridine rings is 1. The summed E-state index contributed by atoms with van der Waals surface area (Å²) in [6.45, 7) is 3.02. The van der Waals surface area contributed by atoms with Crippen molar-refractivity contribution < 1.29 is 19.1 Å². The first-order chi connectivity index (χ1) is 12.6. The van der Waals surface area contributed by atoms with Crippen molar-refractivity contribution in [1.82, 2.24) is 10.3 Å². The van der Waals surface area contributed by atoms with Gasteiger partial charge in [0, 0.05) is 25.6 Å². The Balaban J connectivity index is 1.71. The zero-order valence-electron chi connectivity index (χ0n) is 14.8. The number of rotatable bonds is 5. The number of fused-ring (bicyclic) bond motifs is 1. The molecule has 0 saturated carbocycles. The largest absolute Gasteiger partial charge is 0.497 e. The van der Waals surface area contributed by atoms with Gasteiger partial charge in [-0.25, -0.2) is 9.78 Å². The first-order valence-corrected chi connectivity index (χ1v) is 8.47. The lowest BCUT2D eigenvalue weighted by molar-refractivity contribution is 0.0974. The van der Waals surface area contributed by atoms with Crippen LogP contribution in [0.2, 0.25) is 0 Å². The molecule has 2 heterocycles. The quantitative estimate of drug-likeness (QED) is 0.892. The number of Topliss-reactive ketones (excluding diaryl/α,β-unsaturated/α-hetero) is 1. The van der Waals surface area contributed by atoms with E-state index in [0.29, 0.717) is 31.3 Å². The highest BCUT2D eigenvalue weighted by molar-refractivity contribution is 6.07. The molecule has 2 aromatic rings. The molecule has 1 N–H and O–H groups in total. The lowest BCUT2D eigenvalue weighted by Crippen LogP contribution is -2.44. The summed E-state index contributed by atoms with van der Waals surface area (Å²) in [5.41, 5.74) is 1.75. The molecule has 7 nitrogen and oxygen atoms in total. The zero-order valence-corrected chi connectivity index (χ0v) is 14.8. The summed E-state index contributed by atoms with van der Waals surface area (Å²) >= 11 is 0. The highest BCUT2D eigenvalue weighted by Gasteiger charge is 2.29. The molecule has 0 bridgehead atoms. The number of nitrogens with zero attached hydrogens (tertiary/aromatic N) is 2. The number of urea groups is 1. The molecule has 0 spiro atoms. The molecular weight excluding hydrogens is 334 g/mol. The van der Waals surface area contributed by atoms with Crippen LogP contribution in [-0.2, 0) is 6.54 Å². The van der Waals surface area contributed by atoms with Gasteiger partial charge in [-0.2, -0.15) is 0 Å². The van der Waals surface area contributed by atoms with Gasteiger partial charge < -0.3 is 14.8 Å². The number of ether oxygens (including phenoxy) is 2. The van der Waals surface area contributed by atoms with Crippen molar-refractivity contribution in [3.8, 4) is 11.6 Å². The molecule has 1 aromatic heterocycles. The fourth-order valence-corrected chi connectivity index (χ4v) is 2.76. The van der Waals surface area contributed by atoms with Gasteiger partial charge in [-0.15, -0.1) is 0 Å². The third kappa shape index (κ3) is 3.77. The summed E-state index contributed by atoms with van der Waals surface area (Å²) < 4.78 is 10.5. The summed E-state index contributed by atoms with van der Waals surface area (Å²) in [6.07, 6.45) is 0.242. The highest BCUT2D eigenvalue weighted by atomic mass is 16.5. The van der Waals surface area contributed by atoms with E-state index >= 15 is 0 Å². The van der Waals surface area contributed by atoms with E-state index in [1.54, 1.807) is 24.1 Å². The Morgan fingerprint density at radius 3 is 2.69 bits per heavy atom. The van der Waals surface area contributed by atoms with Crippen LogP contribution in [-0.4, -0.2) is 37.1 Å². The van der Waals surface area contributed by atoms with Gasteiger partial charge in [-0.1, -0.05) is 12.1 Å². The Labute approximate surface area is 151 Å². The minimum absolute atomic E-state index is 0.0826. The molecule has 1 aliphatic heterocycles. The Morgan fingerprint density at radius 2 is 2.00 bits per heavy atom. The van der Waals surface area contributed by atoms with Gasteiger partial charge in [-0.3, -0.25) is 9.69 Å². The Morgan fingerprint density at radius 1 is 1.23 bits per heavy atom. The van der Waals surface area contributed by atoms with Gasteiger partial charge >= 0.3 is 6.03 Å². The summed E-state index contributed by atoms with van der Waals surface area (Å²) in [4.78, 5) is 30.5. The van der Waals surface area contributed by atoms with Gasteiger partial charge in [0.2, 0.25) is 5.88 Å². The van der Waals surface area contributed by atoms with Gasteiger partial charge in [-0.05, 0) is 30.7 Å². The number of nitrogens with one attached hydrogen (secondary N) is 1. The van der Waals surface area contributed by atoms with E-state index in [0.717, 1.165) is 11.3 Å². The second kappa shape index (κ2) is 7.86. The second-order valence-electron chi connectivity index (χ2n) is 5.78. The lowest BCUT2D eigenvalue weighted by Gasteiger charge is -2.28. The van der Waals surface area contributed by atoms with Crippen LogP contribution in [0.5, 0.6) is 11.6 Å². The Kier molecular flexibility index (Phi) is 5.36. The van der Waals surface area contributed by atoms with Crippen molar-refractivity contribution in [2.45, 2.75) is 19.9 Å². The molecule has 2 amide bonds. The molecule has 1 aromatic carbocycles. The van der Waals surface area contributed by atoms with Crippen LogP contribution >= 0.6 is 0 Å². The molecule has 0 radical (unpaired) electrons. The predicted octanol–water partition coefficient (Wildman–Crippen LogP) is 2.79. The number of carbonyl (C=O) groups excluding carboxylic acids is 2. The van der Waals surface area contributed by atoms with Crippen LogP contribution in [0.15, 0.2) is 36.4 Å². The van der Waals surface area contributed by atoms with E-state index in [-0.39, 0.29) is 23.9 Å². The lowest BCUT2D eigenvalue weighted by atomic mass is 10.1.